The quantitative estimate of drug-likeness (QED) is 0.116. The average Bonchev–Trinajstić information content (AvgIpc) is 3.80. The van der Waals surface area contributed by atoms with Crippen LogP contribution in [0, 0.1) is 0 Å². The molecule has 2 fully saturated rings. The third-order valence-electron chi connectivity index (χ3n) is 7.24. The van der Waals surface area contributed by atoms with E-state index in [1.54, 1.807) is 0 Å². The predicted molar refractivity (Wildman–Crippen MR) is 130 cm³/mol. The van der Waals surface area contributed by atoms with Crippen LogP contribution in [0.5, 0.6) is 0 Å². The first-order chi connectivity index (χ1) is 20.2. The van der Waals surface area contributed by atoms with Crippen LogP contribution in [0.1, 0.15) is 15.9 Å². The van der Waals surface area contributed by atoms with Gasteiger partial charge < -0.3 is 65.1 Å². The van der Waals surface area contributed by atoms with E-state index in [2.05, 4.69) is 15.5 Å². The normalized spacial score (nSPS) is 36.3. The third kappa shape index (κ3) is 6.97. The van der Waals surface area contributed by atoms with Gasteiger partial charge in [-0.3, -0.25) is 4.79 Å². The van der Waals surface area contributed by atoms with E-state index in [4.69, 9.17) is 18.9 Å². The van der Waals surface area contributed by atoms with Gasteiger partial charge in [0.25, 0.3) is 5.91 Å². The van der Waals surface area contributed by atoms with Gasteiger partial charge in [-0.25, -0.2) is 0 Å². The van der Waals surface area contributed by atoms with Crippen LogP contribution in [-0.2, 0) is 24.6 Å². The van der Waals surface area contributed by atoms with Gasteiger partial charge in [-0.2, -0.15) is 13.2 Å². The smallest absolute Gasteiger partial charge is 0.394 e. The molecule has 0 spiro atoms. The summed E-state index contributed by atoms with van der Waals surface area (Å²) in [6, 6.07) is 3.04. The number of aliphatic hydroxyl groups excluding tert-OH is 8. The molecule has 43 heavy (non-hydrogen) atoms. The van der Waals surface area contributed by atoms with Crippen LogP contribution in [-0.4, -0.2) is 147 Å². The maximum Gasteiger partial charge on any atom is 0.442 e. The molecule has 3 heterocycles. The van der Waals surface area contributed by atoms with Crippen molar-refractivity contribution in [1.82, 2.24) is 5.32 Å². The Morgan fingerprint density at radius 3 is 1.65 bits per heavy atom. The van der Waals surface area contributed by atoms with Crippen LogP contribution in [0.3, 0.4) is 0 Å². The SMILES string of the molecule is O=C(NC(COC1[C@H](CO)OC(O)[C@H](O)[C@@H]1O)COC1[C@H](CO)OC(O)[C@H](O)[C@@H]1O)c1ccc(C2(C(F)(F)F)N=N2)cc1. The number of carbonyl (C=O) groups excluding carboxylic acids is 1. The Hall–Kier alpha value is -2.40. The Labute approximate surface area is 240 Å². The second-order valence-corrected chi connectivity index (χ2v) is 10.2. The molecule has 4 rings (SSSR count). The Morgan fingerprint density at radius 2 is 1.28 bits per heavy atom. The molecule has 3 aliphatic heterocycles. The summed E-state index contributed by atoms with van der Waals surface area (Å²) in [5, 5.41) is 87.9. The van der Waals surface area contributed by atoms with Crippen LogP contribution in [0.2, 0.25) is 0 Å². The van der Waals surface area contributed by atoms with Gasteiger partial charge in [0.05, 0.1) is 32.5 Å². The molecule has 9 N–H and O–H groups in total. The summed E-state index contributed by atoms with van der Waals surface area (Å²) in [4.78, 5) is 13.0. The summed E-state index contributed by atoms with van der Waals surface area (Å²) in [6.07, 6.45) is -21.0. The molecule has 2 saturated heterocycles. The fourth-order valence-electron chi connectivity index (χ4n) is 4.70. The lowest BCUT2D eigenvalue weighted by Crippen LogP contribution is -2.61. The second kappa shape index (κ2) is 13.3. The van der Waals surface area contributed by atoms with E-state index in [0.29, 0.717) is 0 Å². The molecule has 0 radical (unpaired) electrons. The fourth-order valence-corrected chi connectivity index (χ4v) is 4.70. The molecule has 0 bridgehead atoms. The van der Waals surface area contributed by atoms with Gasteiger partial charge in [-0.15, -0.1) is 10.2 Å². The van der Waals surface area contributed by atoms with Crippen LogP contribution < -0.4 is 5.32 Å². The number of benzene rings is 1. The average molecular weight is 628 g/mol. The highest BCUT2D eigenvalue weighted by Crippen LogP contribution is 2.52. The van der Waals surface area contributed by atoms with E-state index in [1.807, 2.05) is 0 Å². The Morgan fingerprint density at radius 1 is 0.837 bits per heavy atom. The molecular formula is C24H32F3N3O13. The molecule has 4 unspecified atom stereocenters. The van der Waals surface area contributed by atoms with Gasteiger partial charge in [-0.05, 0) is 12.1 Å². The first kappa shape index (κ1) is 33.5. The molecule has 3 aliphatic rings. The number of amides is 1. The number of alkyl halides is 3. The van der Waals surface area contributed by atoms with Crippen LogP contribution >= 0.6 is 0 Å². The second-order valence-electron chi connectivity index (χ2n) is 10.2. The summed E-state index contributed by atoms with van der Waals surface area (Å²) >= 11 is 0. The number of ether oxygens (including phenoxy) is 4. The summed E-state index contributed by atoms with van der Waals surface area (Å²) in [6.45, 7) is -2.54. The van der Waals surface area contributed by atoms with Crippen molar-refractivity contribution in [3.63, 3.8) is 0 Å². The molecule has 1 amide bonds. The standard InChI is InChI=1S/C24H32F3N3O13/c25-24(26,27)23(29-30-23)10-3-1-9(2-4-10)20(37)28-11(7-40-18-12(5-31)42-21(38)16(35)14(18)33)8-41-19-13(6-32)43-22(39)17(36)15(19)34/h1-4,11-19,21-22,31-36,38-39H,5-8H2,(H,28,37)/t11?,12-,13-,14-,15-,16+,17+,18?,19?,21?,22?/m0/s1. The predicted octanol–water partition coefficient (Wildman–Crippen LogP) is -3.40. The molecule has 0 saturated carbocycles. The Kier molecular flexibility index (Phi) is 10.4. The van der Waals surface area contributed by atoms with Gasteiger partial charge >= 0.3 is 11.8 Å². The van der Waals surface area contributed by atoms with E-state index in [0.717, 1.165) is 24.3 Å². The summed E-state index contributed by atoms with van der Waals surface area (Å²) in [5.41, 5.74) is -3.11. The topological polar surface area (TPSA) is 253 Å². The van der Waals surface area contributed by atoms with Crippen LogP contribution in [0.15, 0.2) is 34.5 Å². The molecule has 16 nitrogen and oxygen atoms in total. The van der Waals surface area contributed by atoms with Crippen molar-refractivity contribution in [2.75, 3.05) is 26.4 Å². The van der Waals surface area contributed by atoms with Crippen molar-refractivity contribution in [2.45, 2.75) is 79.3 Å². The number of rotatable bonds is 11. The number of aliphatic hydroxyl groups is 8. The van der Waals surface area contributed by atoms with E-state index in [9.17, 15) is 58.8 Å². The molecule has 1 aromatic rings. The zero-order valence-electron chi connectivity index (χ0n) is 22.1. The van der Waals surface area contributed by atoms with Gasteiger partial charge in [-0.1, -0.05) is 12.1 Å². The lowest BCUT2D eigenvalue weighted by molar-refractivity contribution is -0.299. The summed E-state index contributed by atoms with van der Waals surface area (Å²) in [5.74, 6) is -0.835. The zero-order chi connectivity index (χ0) is 31.7. The summed E-state index contributed by atoms with van der Waals surface area (Å²) < 4.78 is 61.2. The maximum atomic E-state index is 13.3. The van der Waals surface area contributed by atoms with E-state index >= 15 is 0 Å². The van der Waals surface area contributed by atoms with Crippen molar-refractivity contribution in [3.05, 3.63) is 35.4 Å². The van der Waals surface area contributed by atoms with Gasteiger partial charge in [0.1, 0.15) is 48.8 Å². The van der Waals surface area contributed by atoms with Crippen molar-refractivity contribution in [1.29, 1.82) is 0 Å². The zero-order valence-corrected chi connectivity index (χ0v) is 22.1. The summed E-state index contributed by atoms with van der Waals surface area (Å²) in [7, 11) is 0. The number of hydrogen-bond acceptors (Lipinski definition) is 15. The first-order valence-corrected chi connectivity index (χ1v) is 13.0. The Balaban J connectivity index is 1.48. The van der Waals surface area contributed by atoms with E-state index in [1.165, 1.54) is 0 Å². The van der Waals surface area contributed by atoms with Crippen molar-refractivity contribution < 1.29 is 77.8 Å². The number of nitrogens with zero attached hydrogens (tertiary/aromatic N) is 2. The largest absolute Gasteiger partial charge is 0.442 e. The molecule has 1 aromatic carbocycles. The van der Waals surface area contributed by atoms with Gasteiger partial charge in [0, 0.05) is 11.1 Å². The first-order valence-electron chi connectivity index (χ1n) is 13.0. The number of carbonyl (C=O) groups is 1. The highest BCUT2D eigenvalue weighted by Gasteiger charge is 2.65. The number of hydrogen-bond donors (Lipinski definition) is 9. The van der Waals surface area contributed by atoms with Crippen LogP contribution in [0.4, 0.5) is 13.2 Å². The minimum absolute atomic E-state index is 0.104. The third-order valence-corrected chi connectivity index (χ3v) is 7.24. The fraction of sp³-hybridized carbons (Fsp3) is 0.708. The van der Waals surface area contributed by atoms with Crippen molar-refractivity contribution >= 4 is 5.91 Å². The molecule has 242 valence electrons. The van der Waals surface area contributed by atoms with E-state index in [-0.39, 0.29) is 11.1 Å². The van der Waals surface area contributed by atoms with Gasteiger partial charge in [0.2, 0.25) is 0 Å². The minimum atomic E-state index is -4.77. The van der Waals surface area contributed by atoms with Crippen molar-refractivity contribution in [2.24, 2.45) is 10.2 Å². The maximum absolute atomic E-state index is 13.3. The number of halogens is 3. The highest BCUT2D eigenvalue weighted by molar-refractivity contribution is 5.94. The molecule has 0 aliphatic carbocycles. The number of nitrogens with one attached hydrogen (secondary N) is 1. The molecular weight excluding hydrogens is 595 g/mol. The van der Waals surface area contributed by atoms with Crippen molar-refractivity contribution in [3.8, 4) is 0 Å². The monoisotopic (exact) mass is 627 g/mol. The molecule has 0 aromatic heterocycles. The highest BCUT2D eigenvalue weighted by atomic mass is 19.4. The van der Waals surface area contributed by atoms with Crippen LogP contribution in [0.25, 0.3) is 0 Å². The lowest BCUT2D eigenvalue weighted by atomic mass is 9.99. The molecule has 19 heteroatoms. The minimum Gasteiger partial charge on any atom is -0.394 e. The lowest BCUT2D eigenvalue weighted by Gasteiger charge is -2.41. The Bertz CT molecular complexity index is 1080. The van der Waals surface area contributed by atoms with Gasteiger partial charge in [0.15, 0.2) is 12.6 Å². The molecule has 10 atom stereocenters. The van der Waals surface area contributed by atoms with E-state index < -0.39 is 112 Å².